The van der Waals surface area contributed by atoms with Crippen molar-refractivity contribution in [2.45, 2.75) is 75.9 Å². The molecule has 9 nitrogen and oxygen atoms in total. The highest BCUT2D eigenvalue weighted by atomic mass is 19.1. The molecule has 2 aliphatic carbocycles. The second kappa shape index (κ2) is 9.57. The number of nitrogens with one attached hydrogen (secondary N) is 1. The summed E-state index contributed by atoms with van der Waals surface area (Å²) in [7, 11) is 0. The molecule has 2 aromatic heterocycles. The van der Waals surface area contributed by atoms with Gasteiger partial charge in [-0.15, -0.1) is 0 Å². The Morgan fingerprint density at radius 1 is 0.865 bits per heavy atom. The van der Waals surface area contributed by atoms with Crippen LogP contribution in [0.4, 0.5) is 10.3 Å². The van der Waals surface area contributed by atoms with Crippen molar-refractivity contribution in [3.05, 3.63) is 59.0 Å². The molecule has 1 saturated heterocycles. The molecule has 6 rings (SSSR count). The molecule has 0 atom stereocenters. The third kappa shape index (κ3) is 4.45. The topological polar surface area (TPSA) is 102 Å². The first-order valence-corrected chi connectivity index (χ1v) is 13.0. The fourth-order valence-corrected chi connectivity index (χ4v) is 5.64. The van der Waals surface area contributed by atoms with Gasteiger partial charge in [0.1, 0.15) is 5.82 Å². The number of anilines is 1. The minimum Gasteiger partial charge on any atom is -0.351 e. The van der Waals surface area contributed by atoms with Gasteiger partial charge in [-0.05, 0) is 75.3 Å². The molecule has 2 saturated carbocycles. The Bertz CT molecular complexity index is 1370. The van der Waals surface area contributed by atoms with Crippen molar-refractivity contribution in [3.63, 3.8) is 0 Å². The number of hydrogen-bond acceptors (Lipinski definition) is 6. The number of carbonyl (C=O) groups is 2. The summed E-state index contributed by atoms with van der Waals surface area (Å²) < 4.78 is 16.9. The van der Waals surface area contributed by atoms with Crippen molar-refractivity contribution in [2.24, 2.45) is 0 Å². The third-order valence-corrected chi connectivity index (χ3v) is 7.87. The molecule has 3 aromatic rings. The van der Waals surface area contributed by atoms with Gasteiger partial charge in [-0.3, -0.25) is 23.6 Å². The summed E-state index contributed by atoms with van der Waals surface area (Å²) in [6.07, 6.45) is 10.3. The van der Waals surface area contributed by atoms with Gasteiger partial charge in [-0.25, -0.2) is 19.2 Å². The van der Waals surface area contributed by atoms with Crippen molar-refractivity contribution in [1.82, 2.24) is 24.0 Å². The van der Waals surface area contributed by atoms with Gasteiger partial charge in [-0.2, -0.15) is 0 Å². The number of nitrogens with zero attached hydrogens (tertiary/aromatic N) is 5. The zero-order valence-corrected chi connectivity index (χ0v) is 20.5. The summed E-state index contributed by atoms with van der Waals surface area (Å²) in [5.41, 5.74) is 1.64. The molecule has 3 aliphatic rings. The summed E-state index contributed by atoms with van der Waals surface area (Å²) in [6.45, 7) is 0. The number of carbonyl (C=O) groups excluding carboxylic acids is 2. The van der Waals surface area contributed by atoms with Crippen LogP contribution in [0.5, 0.6) is 0 Å². The summed E-state index contributed by atoms with van der Waals surface area (Å²) in [6, 6.07) is 7.92. The number of imide groups is 1. The summed E-state index contributed by atoms with van der Waals surface area (Å²) in [5, 5.41) is 3.40. The SMILES string of the molecule is O=C1CCC(=O)N1C1CCC(Nc2nccc(-c3cn(C4CCC4)c(=O)n3-c3ccc(F)cc3)n2)CC1. The van der Waals surface area contributed by atoms with Crippen LogP contribution in [0.15, 0.2) is 47.5 Å². The van der Waals surface area contributed by atoms with E-state index in [9.17, 15) is 18.8 Å². The Morgan fingerprint density at radius 2 is 1.57 bits per heavy atom. The van der Waals surface area contributed by atoms with Crippen LogP contribution >= 0.6 is 0 Å². The molecule has 3 fully saturated rings. The first-order chi connectivity index (χ1) is 18.0. The van der Waals surface area contributed by atoms with E-state index in [-0.39, 0.29) is 41.4 Å². The van der Waals surface area contributed by atoms with Crippen molar-refractivity contribution < 1.29 is 14.0 Å². The molecular weight excluding hydrogens is 475 g/mol. The van der Waals surface area contributed by atoms with E-state index >= 15 is 0 Å². The summed E-state index contributed by atoms with van der Waals surface area (Å²) >= 11 is 0. The van der Waals surface area contributed by atoms with E-state index in [0.717, 1.165) is 44.9 Å². The third-order valence-electron chi connectivity index (χ3n) is 7.87. The van der Waals surface area contributed by atoms with Gasteiger partial charge in [-0.1, -0.05) is 0 Å². The number of benzene rings is 1. The van der Waals surface area contributed by atoms with Gasteiger partial charge in [0.15, 0.2) is 0 Å². The first kappa shape index (κ1) is 23.6. The minimum absolute atomic E-state index is 0.0239. The number of hydrogen-bond donors (Lipinski definition) is 1. The Morgan fingerprint density at radius 3 is 2.22 bits per heavy atom. The van der Waals surface area contributed by atoms with Crippen LogP contribution in [0.3, 0.4) is 0 Å². The Kier molecular flexibility index (Phi) is 6.10. The second-order valence-corrected chi connectivity index (χ2v) is 10.2. The van der Waals surface area contributed by atoms with E-state index in [1.807, 2.05) is 6.20 Å². The van der Waals surface area contributed by atoms with Crippen molar-refractivity contribution in [3.8, 4) is 17.1 Å². The normalized spacial score (nSPS) is 22.4. The van der Waals surface area contributed by atoms with E-state index in [0.29, 0.717) is 35.9 Å². The minimum atomic E-state index is -0.363. The molecule has 1 N–H and O–H groups in total. The van der Waals surface area contributed by atoms with Gasteiger partial charge in [0.25, 0.3) is 0 Å². The Hall–Kier alpha value is -3.82. The van der Waals surface area contributed by atoms with E-state index < -0.39 is 0 Å². The van der Waals surface area contributed by atoms with Crippen LogP contribution in [0.1, 0.15) is 63.8 Å². The zero-order valence-electron chi connectivity index (χ0n) is 20.5. The van der Waals surface area contributed by atoms with E-state index in [4.69, 9.17) is 4.98 Å². The average molecular weight is 505 g/mol. The second-order valence-electron chi connectivity index (χ2n) is 10.2. The number of halogens is 1. The maximum atomic E-state index is 13.6. The maximum absolute atomic E-state index is 13.6. The van der Waals surface area contributed by atoms with E-state index in [1.165, 1.54) is 17.0 Å². The molecule has 10 heteroatoms. The molecule has 0 spiro atoms. The van der Waals surface area contributed by atoms with Crippen molar-refractivity contribution in [1.29, 1.82) is 0 Å². The van der Waals surface area contributed by atoms with Crippen LogP contribution < -0.4 is 11.0 Å². The highest BCUT2D eigenvalue weighted by Crippen LogP contribution is 2.33. The van der Waals surface area contributed by atoms with Crippen LogP contribution in [0.2, 0.25) is 0 Å². The molecule has 2 amide bonds. The highest BCUT2D eigenvalue weighted by Gasteiger charge is 2.37. The van der Waals surface area contributed by atoms with Gasteiger partial charge >= 0.3 is 5.69 Å². The number of aromatic nitrogens is 4. The smallest absolute Gasteiger partial charge is 0.333 e. The van der Waals surface area contributed by atoms with Crippen LogP contribution in [-0.2, 0) is 9.59 Å². The first-order valence-electron chi connectivity index (χ1n) is 13.0. The highest BCUT2D eigenvalue weighted by molar-refractivity contribution is 6.02. The van der Waals surface area contributed by atoms with Gasteiger partial charge < -0.3 is 5.32 Å². The van der Waals surface area contributed by atoms with Crippen molar-refractivity contribution >= 4 is 17.8 Å². The average Bonchev–Trinajstić information content (AvgIpc) is 3.38. The molecule has 37 heavy (non-hydrogen) atoms. The number of amides is 2. The van der Waals surface area contributed by atoms with Gasteiger partial charge in [0.05, 0.1) is 17.1 Å². The maximum Gasteiger partial charge on any atom is 0.333 e. The van der Waals surface area contributed by atoms with Gasteiger partial charge in [0, 0.05) is 43.4 Å². The largest absolute Gasteiger partial charge is 0.351 e. The summed E-state index contributed by atoms with van der Waals surface area (Å²) in [5.74, 6) is -0.0146. The fraction of sp³-hybridized carbons (Fsp3) is 0.444. The van der Waals surface area contributed by atoms with Crippen LogP contribution in [-0.4, -0.2) is 47.9 Å². The molecule has 0 radical (unpaired) electrons. The predicted molar refractivity (Wildman–Crippen MR) is 135 cm³/mol. The molecule has 0 bridgehead atoms. The number of imidazole rings is 1. The molecule has 1 aromatic carbocycles. The monoisotopic (exact) mass is 504 g/mol. The molecule has 0 unspecified atom stereocenters. The number of rotatable bonds is 6. The lowest BCUT2D eigenvalue weighted by molar-refractivity contribution is -0.141. The number of likely N-dealkylation sites (tertiary alicyclic amines) is 1. The Balaban J connectivity index is 1.23. The zero-order chi connectivity index (χ0) is 25.5. The molecule has 192 valence electrons. The standard InChI is InChI=1S/C27H29FN6O3/c28-17-4-8-20(9-5-17)33-23(16-32(27(33)37)19-2-1-3-19)22-14-15-29-26(31-22)30-18-6-10-21(11-7-18)34-24(35)12-13-25(34)36/h4-5,8-9,14-16,18-19,21H,1-3,6-7,10-13H2,(H,29,30,31). The molecule has 3 heterocycles. The quantitative estimate of drug-likeness (QED) is 0.512. The van der Waals surface area contributed by atoms with Gasteiger partial charge in [0.2, 0.25) is 17.8 Å². The van der Waals surface area contributed by atoms with Crippen LogP contribution in [0, 0.1) is 5.82 Å². The lowest BCUT2D eigenvalue weighted by Crippen LogP contribution is -2.43. The molecule has 1 aliphatic heterocycles. The molecular formula is C27H29FN6O3. The summed E-state index contributed by atoms with van der Waals surface area (Å²) in [4.78, 5) is 48.2. The lowest BCUT2D eigenvalue weighted by atomic mass is 9.90. The van der Waals surface area contributed by atoms with Crippen molar-refractivity contribution in [2.75, 3.05) is 5.32 Å². The van der Waals surface area contributed by atoms with E-state index in [1.54, 1.807) is 33.5 Å². The van der Waals surface area contributed by atoms with E-state index in [2.05, 4.69) is 10.3 Å². The fourth-order valence-electron chi connectivity index (χ4n) is 5.64. The van der Waals surface area contributed by atoms with Crippen LogP contribution in [0.25, 0.3) is 17.1 Å². The lowest BCUT2D eigenvalue weighted by Gasteiger charge is -2.33. The predicted octanol–water partition coefficient (Wildman–Crippen LogP) is 3.83. The Labute approximate surface area is 213 Å².